The largest absolute Gasteiger partial charge is 0.305 e. The summed E-state index contributed by atoms with van der Waals surface area (Å²) in [5.41, 5.74) is 1.91. The molecule has 5 nitrogen and oxygen atoms in total. The number of anilines is 1. The first-order valence-electron chi connectivity index (χ1n) is 5.28. The van der Waals surface area contributed by atoms with Crippen LogP contribution in [0, 0.1) is 13.8 Å². The average molecular weight is 307 g/mol. The molecule has 0 aromatic carbocycles. The number of carbonyl (C=O) groups is 1. The van der Waals surface area contributed by atoms with E-state index in [1.54, 1.807) is 12.4 Å². The Labute approximate surface area is 113 Å². The van der Waals surface area contributed by atoms with Crippen molar-refractivity contribution in [2.75, 3.05) is 5.32 Å². The summed E-state index contributed by atoms with van der Waals surface area (Å²) < 4.78 is 0.869. The fraction of sp³-hybridized carbons (Fsp3) is 0.167. The number of nitrogens with zero attached hydrogens (tertiary/aromatic N) is 3. The lowest BCUT2D eigenvalue weighted by Crippen LogP contribution is -2.15. The van der Waals surface area contributed by atoms with Crippen LogP contribution in [0.4, 0.5) is 5.82 Å². The van der Waals surface area contributed by atoms with Crippen molar-refractivity contribution >= 4 is 27.7 Å². The molecule has 0 unspecified atom stereocenters. The Balaban J connectivity index is 2.18. The topological polar surface area (TPSA) is 67.8 Å². The fourth-order valence-electron chi connectivity index (χ4n) is 1.35. The van der Waals surface area contributed by atoms with Crippen molar-refractivity contribution in [3.8, 4) is 0 Å². The molecule has 0 aliphatic carbocycles. The second-order valence-corrected chi connectivity index (χ2v) is 4.73. The van der Waals surface area contributed by atoms with Crippen LogP contribution in [0.5, 0.6) is 0 Å². The second kappa shape index (κ2) is 5.22. The molecule has 0 fully saturated rings. The Morgan fingerprint density at radius 2 is 1.94 bits per heavy atom. The molecule has 0 bridgehead atoms. The minimum Gasteiger partial charge on any atom is -0.305 e. The van der Waals surface area contributed by atoms with E-state index in [1.807, 2.05) is 19.9 Å². The minimum atomic E-state index is -0.319. The van der Waals surface area contributed by atoms with Gasteiger partial charge >= 0.3 is 0 Å². The molecule has 2 rings (SSSR count). The van der Waals surface area contributed by atoms with Crippen LogP contribution in [0.1, 0.15) is 21.7 Å². The van der Waals surface area contributed by atoms with Gasteiger partial charge < -0.3 is 5.32 Å². The molecular weight excluding hydrogens is 296 g/mol. The third-order valence-electron chi connectivity index (χ3n) is 2.29. The van der Waals surface area contributed by atoms with Gasteiger partial charge in [-0.15, -0.1) is 0 Å². The van der Waals surface area contributed by atoms with Crippen molar-refractivity contribution in [3.63, 3.8) is 0 Å². The maximum Gasteiger partial charge on any atom is 0.277 e. The van der Waals surface area contributed by atoms with Crippen LogP contribution in [0.2, 0.25) is 0 Å². The first-order valence-corrected chi connectivity index (χ1v) is 6.07. The molecule has 6 heteroatoms. The summed E-state index contributed by atoms with van der Waals surface area (Å²) >= 11 is 3.32. The first-order chi connectivity index (χ1) is 8.56. The number of pyridine rings is 1. The highest BCUT2D eigenvalue weighted by Gasteiger charge is 2.10. The van der Waals surface area contributed by atoms with E-state index >= 15 is 0 Å². The Morgan fingerprint density at radius 1 is 1.17 bits per heavy atom. The molecule has 92 valence electrons. The molecule has 0 spiro atoms. The number of aryl methyl sites for hydroxylation is 2. The van der Waals surface area contributed by atoms with Gasteiger partial charge in [0.05, 0.1) is 11.9 Å². The zero-order chi connectivity index (χ0) is 13.1. The van der Waals surface area contributed by atoms with Gasteiger partial charge in [-0.3, -0.25) is 9.78 Å². The lowest BCUT2D eigenvalue weighted by atomic mass is 10.3. The lowest BCUT2D eigenvalue weighted by molar-refractivity contribution is 0.102. The zero-order valence-electron chi connectivity index (χ0n) is 9.94. The van der Waals surface area contributed by atoms with E-state index in [9.17, 15) is 4.79 Å². The van der Waals surface area contributed by atoms with Crippen LogP contribution in [-0.4, -0.2) is 20.9 Å². The smallest absolute Gasteiger partial charge is 0.277 e. The van der Waals surface area contributed by atoms with Crippen LogP contribution in [0.3, 0.4) is 0 Å². The van der Waals surface area contributed by atoms with Gasteiger partial charge in [-0.1, -0.05) is 0 Å². The number of nitrogens with one attached hydrogen (secondary N) is 1. The Hall–Kier alpha value is -1.82. The van der Waals surface area contributed by atoms with E-state index in [0.717, 1.165) is 15.7 Å². The van der Waals surface area contributed by atoms with Crippen LogP contribution in [0.25, 0.3) is 0 Å². The molecule has 1 amide bonds. The number of carbonyl (C=O) groups excluding carboxylic acids is 1. The molecule has 0 saturated heterocycles. The molecule has 0 aliphatic rings. The Bertz CT molecular complexity index is 583. The van der Waals surface area contributed by atoms with Crippen molar-refractivity contribution in [1.82, 2.24) is 15.0 Å². The van der Waals surface area contributed by atoms with Gasteiger partial charge in [0.1, 0.15) is 11.5 Å². The molecule has 1 N–H and O–H groups in total. The molecular formula is C12H11BrN4O. The van der Waals surface area contributed by atoms with Gasteiger partial charge in [0.15, 0.2) is 0 Å². The van der Waals surface area contributed by atoms with E-state index in [0.29, 0.717) is 5.82 Å². The van der Waals surface area contributed by atoms with E-state index in [-0.39, 0.29) is 11.6 Å². The standard InChI is InChI=1S/C12H11BrN4O/c1-7-3-9(13)5-16-11(7)17-12(18)10-6-14-8(2)4-15-10/h3-6H,1-2H3,(H,16,17,18). The normalized spacial score (nSPS) is 10.2. The van der Waals surface area contributed by atoms with Gasteiger partial charge in [-0.05, 0) is 41.4 Å². The van der Waals surface area contributed by atoms with E-state index in [1.165, 1.54) is 6.20 Å². The minimum absolute atomic E-state index is 0.268. The van der Waals surface area contributed by atoms with Gasteiger partial charge in [0.2, 0.25) is 0 Å². The summed E-state index contributed by atoms with van der Waals surface area (Å²) in [5, 5.41) is 2.70. The van der Waals surface area contributed by atoms with E-state index in [2.05, 4.69) is 36.2 Å². The Morgan fingerprint density at radius 3 is 2.56 bits per heavy atom. The zero-order valence-corrected chi connectivity index (χ0v) is 11.5. The summed E-state index contributed by atoms with van der Waals surface area (Å²) in [6.45, 7) is 3.68. The SMILES string of the molecule is Cc1cnc(C(=O)Nc2ncc(Br)cc2C)cn1. The second-order valence-electron chi connectivity index (χ2n) is 3.82. The van der Waals surface area contributed by atoms with Gasteiger partial charge in [-0.25, -0.2) is 9.97 Å². The van der Waals surface area contributed by atoms with Crippen molar-refractivity contribution in [1.29, 1.82) is 0 Å². The fourth-order valence-corrected chi connectivity index (χ4v) is 1.80. The highest BCUT2D eigenvalue weighted by atomic mass is 79.9. The quantitative estimate of drug-likeness (QED) is 0.925. The summed E-state index contributed by atoms with van der Waals surface area (Å²) in [6, 6.07) is 1.88. The third-order valence-corrected chi connectivity index (χ3v) is 2.72. The highest BCUT2D eigenvalue weighted by Crippen LogP contribution is 2.17. The molecule has 0 aliphatic heterocycles. The van der Waals surface area contributed by atoms with E-state index in [4.69, 9.17) is 0 Å². The van der Waals surface area contributed by atoms with Crippen molar-refractivity contribution in [3.05, 3.63) is 46.1 Å². The van der Waals surface area contributed by atoms with Gasteiger partial charge in [-0.2, -0.15) is 0 Å². The maximum absolute atomic E-state index is 11.9. The number of rotatable bonds is 2. The molecule has 18 heavy (non-hydrogen) atoms. The summed E-state index contributed by atoms with van der Waals surface area (Å²) in [5.74, 6) is 0.200. The predicted octanol–water partition coefficient (Wildman–Crippen LogP) is 2.50. The molecule has 2 heterocycles. The molecule has 2 aromatic heterocycles. The van der Waals surface area contributed by atoms with Crippen molar-refractivity contribution in [2.24, 2.45) is 0 Å². The van der Waals surface area contributed by atoms with Crippen molar-refractivity contribution < 1.29 is 4.79 Å². The maximum atomic E-state index is 11.9. The molecule has 2 aromatic rings. The van der Waals surface area contributed by atoms with Crippen LogP contribution in [0.15, 0.2) is 29.1 Å². The number of amides is 1. The average Bonchev–Trinajstić information content (AvgIpc) is 2.33. The summed E-state index contributed by atoms with van der Waals surface area (Å²) in [7, 11) is 0. The van der Waals surface area contributed by atoms with Crippen LogP contribution in [-0.2, 0) is 0 Å². The van der Waals surface area contributed by atoms with Crippen molar-refractivity contribution in [2.45, 2.75) is 13.8 Å². The van der Waals surface area contributed by atoms with Gasteiger partial charge in [0.25, 0.3) is 5.91 Å². The van der Waals surface area contributed by atoms with Gasteiger partial charge in [0, 0.05) is 16.9 Å². The van der Waals surface area contributed by atoms with Crippen LogP contribution >= 0.6 is 15.9 Å². The lowest BCUT2D eigenvalue weighted by Gasteiger charge is -2.06. The third kappa shape index (κ3) is 2.89. The summed E-state index contributed by atoms with van der Waals surface area (Å²) in [6.07, 6.45) is 4.62. The molecule has 0 radical (unpaired) electrons. The summed E-state index contributed by atoms with van der Waals surface area (Å²) in [4.78, 5) is 24.1. The monoisotopic (exact) mass is 306 g/mol. The predicted molar refractivity (Wildman–Crippen MR) is 71.4 cm³/mol. The van der Waals surface area contributed by atoms with Crippen LogP contribution < -0.4 is 5.32 Å². The number of halogens is 1. The molecule has 0 atom stereocenters. The Kier molecular flexibility index (Phi) is 3.66. The molecule has 0 saturated carbocycles. The highest BCUT2D eigenvalue weighted by molar-refractivity contribution is 9.10. The number of aromatic nitrogens is 3. The number of hydrogen-bond acceptors (Lipinski definition) is 4. The number of hydrogen-bond donors (Lipinski definition) is 1. The van der Waals surface area contributed by atoms with E-state index < -0.39 is 0 Å². The first kappa shape index (κ1) is 12.6.